The molecule has 0 bridgehead atoms. The first-order valence-electron chi connectivity index (χ1n) is 7.57. The van der Waals surface area contributed by atoms with E-state index in [1.165, 1.54) is 6.33 Å². The SMILES string of the molecule is N#Cc1ccc(C(c2cc3ccccc3o2)n2cncn2)c(C#N)c1. The van der Waals surface area contributed by atoms with Crippen molar-refractivity contribution in [3.63, 3.8) is 0 Å². The van der Waals surface area contributed by atoms with E-state index in [9.17, 15) is 5.26 Å². The van der Waals surface area contributed by atoms with Gasteiger partial charge in [-0.2, -0.15) is 15.6 Å². The van der Waals surface area contributed by atoms with Gasteiger partial charge in [0.25, 0.3) is 0 Å². The maximum absolute atomic E-state index is 9.54. The summed E-state index contributed by atoms with van der Waals surface area (Å²) >= 11 is 0. The second kappa shape index (κ2) is 5.95. The second-order valence-electron chi connectivity index (χ2n) is 5.49. The molecule has 0 amide bonds. The molecule has 2 aromatic carbocycles. The number of rotatable bonds is 3. The fourth-order valence-electron chi connectivity index (χ4n) is 2.88. The van der Waals surface area contributed by atoms with Crippen molar-refractivity contribution < 1.29 is 4.42 Å². The number of fused-ring (bicyclic) bond motifs is 1. The third kappa shape index (κ3) is 2.52. The maximum Gasteiger partial charge on any atom is 0.138 e. The smallest absolute Gasteiger partial charge is 0.138 e. The Hall–Kier alpha value is -3.90. The van der Waals surface area contributed by atoms with Crippen molar-refractivity contribution in [2.75, 3.05) is 0 Å². The zero-order valence-electron chi connectivity index (χ0n) is 13.0. The van der Waals surface area contributed by atoms with Gasteiger partial charge in [0.15, 0.2) is 0 Å². The number of nitriles is 2. The van der Waals surface area contributed by atoms with Gasteiger partial charge >= 0.3 is 0 Å². The molecule has 2 heterocycles. The summed E-state index contributed by atoms with van der Waals surface area (Å²) in [5.41, 5.74) is 2.29. The van der Waals surface area contributed by atoms with E-state index in [4.69, 9.17) is 9.68 Å². The predicted molar refractivity (Wildman–Crippen MR) is 89.3 cm³/mol. The van der Waals surface area contributed by atoms with Crippen LogP contribution in [0.15, 0.2) is 65.6 Å². The Bertz CT molecular complexity index is 1100. The number of aromatic nitrogens is 3. The number of hydrogen-bond acceptors (Lipinski definition) is 5. The van der Waals surface area contributed by atoms with E-state index in [0.29, 0.717) is 22.5 Å². The molecule has 0 N–H and O–H groups in total. The van der Waals surface area contributed by atoms with Gasteiger partial charge in [0.1, 0.15) is 30.0 Å². The van der Waals surface area contributed by atoms with Crippen molar-refractivity contribution in [2.24, 2.45) is 0 Å². The zero-order valence-corrected chi connectivity index (χ0v) is 13.0. The molecule has 4 aromatic rings. The third-order valence-corrected chi connectivity index (χ3v) is 4.01. The first kappa shape index (κ1) is 14.7. The van der Waals surface area contributed by atoms with E-state index < -0.39 is 6.04 Å². The molecule has 0 saturated heterocycles. The van der Waals surface area contributed by atoms with Gasteiger partial charge in [-0.25, -0.2) is 9.67 Å². The highest BCUT2D eigenvalue weighted by molar-refractivity contribution is 5.78. The molecule has 1 unspecified atom stereocenters. The molecule has 6 heteroatoms. The average Bonchev–Trinajstić information content (AvgIpc) is 3.32. The number of hydrogen-bond donors (Lipinski definition) is 0. The van der Waals surface area contributed by atoms with Crippen LogP contribution in [-0.2, 0) is 0 Å². The molecule has 25 heavy (non-hydrogen) atoms. The lowest BCUT2D eigenvalue weighted by Gasteiger charge is -2.16. The van der Waals surface area contributed by atoms with Gasteiger partial charge in [-0.1, -0.05) is 24.3 Å². The van der Waals surface area contributed by atoms with Gasteiger partial charge in [0.2, 0.25) is 0 Å². The summed E-state index contributed by atoms with van der Waals surface area (Å²) < 4.78 is 7.64. The number of furan rings is 1. The Balaban J connectivity index is 1.94. The molecule has 0 saturated carbocycles. The largest absolute Gasteiger partial charge is 0.458 e. The molecule has 0 radical (unpaired) electrons. The molecule has 0 aliphatic rings. The standard InChI is InChI=1S/C19H11N5O/c20-9-13-5-6-16(15(7-13)10-21)19(24-12-22-11-23-24)18-8-14-3-1-2-4-17(14)25-18/h1-8,11-12,19H. The van der Waals surface area contributed by atoms with Crippen LogP contribution in [0.3, 0.4) is 0 Å². The maximum atomic E-state index is 9.54. The van der Waals surface area contributed by atoms with Gasteiger partial charge in [-0.05, 0) is 24.3 Å². The number of nitrogens with zero attached hydrogens (tertiary/aromatic N) is 5. The molecule has 0 aliphatic carbocycles. The molecule has 0 spiro atoms. The molecular formula is C19H11N5O. The minimum Gasteiger partial charge on any atom is -0.458 e. The van der Waals surface area contributed by atoms with Crippen LogP contribution < -0.4 is 0 Å². The Morgan fingerprint density at radius 2 is 1.92 bits per heavy atom. The summed E-state index contributed by atoms with van der Waals surface area (Å²) in [6.07, 6.45) is 3.02. The van der Waals surface area contributed by atoms with Gasteiger partial charge < -0.3 is 4.42 Å². The van der Waals surface area contributed by atoms with Crippen LogP contribution in [-0.4, -0.2) is 14.8 Å². The lowest BCUT2D eigenvalue weighted by atomic mass is 9.97. The van der Waals surface area contributed by atoms with Crippen LogP contribution in [0, 0.1) is 22.7 Å². The fourth-order valence-corrected chi connectivity index (χ4v) is 2.88. The zero-order chi connectivity index (χ0) is 17.2. The minimum absolute atomic E-state index is 0.403. The summed E-state index contributed by atoms with van der Waals surface area (Å²) in [5, 5.41) is 23.8. The highest BCUT2D eigenvalue weighted by Crippen LogP contribution is 2.32. The summed E-state index contributed by atoms with van der Waals surface area (Å²) in [6.45, 7) is 0. The normalized spacial score (nSPS) is 11.8. The van der Waals surface area contributed by atoms with Gasteiger partial charge in [0.05, 0.1) is 23.3 Å². The van der Waals surface area contributed by atoms with E-state index in [-0.39, 0.29) is 0 Å². The van der Waals surface area contributed by atoms with Crippen LogP contribution in [0.25, 0.3) is 11.0 Å². The monoisotopic (exact) mass is 325 g/mol. The number of para-hydroxylation sites is 1. The van der Waals surface area contributed by atoms with E-state index in [1.54, 1.807) is 29.2 Å². The topological polar surface area (TPSA) is 91.4 Å². The minimum atomic E-state index is -0.447. The predicted octanol–water partition coefficient (Wildman–Crippen LogP) is 3.41. The van der Waals surface area contributed by atoms with Gasteiger partial charge in [-0.15, -0.1) is 0 Å². The van der Waals surface area contributed by atoms with Crippen molar-refractivity contribution in [1.29, 1.82) is 10.5 Å². The van der Waals surface area contributed by atoms with Crippen LogP contribution in [0.2, 0.25) is 0 Å². The first-order valence-corrected chi connectivity index (χ1v) is 7.57. The average molecular weight is 325 g/mol. The Kier molecular flexibility index (Phi) is 3.49. The number of benzene rings is 2. The third-order valence-electron chi connectivity index (χ3n) is 4.01. The van der Waals surface area contributed by atoms with E-state index in [2.05, 4.69) is 22.2 Å². The lowest BCUT2D eigenvalue weighted by Crippen LogP contribution is -2.14. The summed E-state index contributed by atoms with van der Waals surface area (Å²) in [7, 11) is 0. The van der Waals surface area contributed by atoms with Gasteiger partial charge in [0, 0.05) is 10.9 Å². The van der Waals surface area contributed by atoms with Crippen molar-refractivity contribution >= 4 is 11.0 Å². The van der Waals surface area contributed by atoms with Crippen LogP contribution in [0.1, 0.15) is 28.5 Å². The first-order chi connectivity index (χ1) is 12.3. The lowest BCUT2D eigenvalue weighted by molar-refractivity contribution is 0.462. The summed E-state index contributed by atoms with van der Waals surface area (Å²) in [4.78, 5) is 4.01. The molecule has 0 aliphatic heterocycles. The summed E-state index contributed by atoms with van der Waals surface area (Å²) in [6, 6.07) is 18.4. The molecule has 4 rings (SSSR count). The van der Waals surface area contributed by atoms with E-state index >= 15 is 0 Å². The van der Waals surface area contributed by atoms with E-state index in [0.717, 1.165) is 11.0 Å². The summed E-state index contributed by atoms with van der Waals surface area (Å²) in [5.74, 6) is 0.646. The quantitative estimate of drug-likeness (QED) is 0.575. The van der Waals surface area contributed by atoms with Crippen molar-refractivity contribution in [3.05, 3.63) is 83.6 Å². The highest BCUT2D eigenvalue weighted by atomic mass is 16.3. The van der Waals surface area contributed by atoms with Crippen molar-refractivity contribution in [3.8, 4) is 12.1 Å². The van der Waals surface area contributed by atoms with E-state index in [1.807, 2.05) is 30.3 Å². The molecule has 2 aromatic heterocycles. The van der Waals surface area contributed by atoms with Gasteiger partial charge in [-0.3, -0.25) is 0 Å². The Labute approximate surface area is 143 Å². The van der Waals surface area contributed by atoms with Crippen molar-refractivity contribution in [1.82, 2.24) is 14.8 Å². The molecule has 118 valence electrons. The molecule has 0 fully saturated rings. The molecule has 6 nitrogen and oxygen atoms in total. The van der Waals surface area contributed by atoms with Crippen molar-refractivity contribution in [2.45, 2.75) is 6.04 Å². The molecular weight excluding hydrogens is 314 g/mol. The Morgan fingerprint density at radius 1 is 1.04 bits per heavy atom. The van der Waals surface area contributed by atoms with Crippen LogP contribution >= 0.6 is 0 Å². The van der Waals surface area contributed by atoms with Crippen LogP contribution in [0.5, 0.6) is 0 Å². The fraction of sp³-hybridized carbons (Fsp3) is 0.0526. The highest BCUT2D eigenvalue weighted by Gasteiger charge is 2.24. The van der Waals surface area contributed by atoms with Crippen LogP contribution in [0.4, 0.5) is 0 Å². The second-order valence-corrected chi connectivity index (χ2v) is 5.49. The molecule has 1 atom stereocenters. The Morgan fingerprint density at radius 3 is 2.64 bits per heavy atom.